The molecule has 1 aliphatic rings. The summed E-state index contributed by atoms with van der Waals surface area (Å²) in [5.41, 5.74) is 0.772. The third kappa shape index (κ3) is 5.99. The maximum absolute atomic E-state index is 10.8. The van der Waals surface area contributed by atoms with Crippen LogP contribution in [0, 0.1) is 0 Å². The van der Waals surface area contributed by atoms with Crippen LogP contribution in [0.1, 0.15) is 46.3 Å². The highest BCUT2D eigenvalue weighted by Gasteiger charge is 2.44. The third-order valence-corrected chi connectivity index (χ3v) is 10.1. The van der Waals surface area contributed by atoms with Crippen molar-refractivity contribution in [3.05, 3.63) is 48.0 Å². The van der Waals surface area contributed by atoms with E-state index in [0.29, 0.717) is 0 Å². The van der Waals surface area contributed by atoms with Crippen molar-refractivity contribution in [1.82, 2.24) is 0 Å². The lowest BCUT2D eigenvalue weighted by Gasteiger charge is -2.36. The van der Waals surface area contributed by atoms with Crippen LogP contribution in [0.4, 0.5) is 0 Å². The summed E-state index contributed by atoms with van der Waals surface area (Å²) < 4.78 is 18.0. The molecule has 0 spiro atoms. The summed E-state index contributed by atoms with van der Waals surface area (Å²) in [5.74, 6) is -0.808. The summed E-state index contributed by atoms with van der Waals surface area (Å²) in [4.78, 5) is 0. The van der Waals surface area contributed by atoms with Gasteiger partial charge in [-0.1, -0.05) is 63.3 Å². The van der Waals surface area contributed by atoms with Crippen LogP contribution in [-0.2, 0) is 13.9 Å². The van der Waals surface area contributed by atoms with E-state index in [1.807, 2.05) is 44.2 Å². The molecule has 0 aliphatic carbocycles. The highest BCUT2D eigenvalue weighted by molar-refractivity contribution is 6.74. The van der Waals surface area contributed by atoms with Gasteiger partial charge in [-0.15, -0.1) is 0 Å². The topological polar surface area (TPSA) is 68.2 Å². The molecule has 1 aliphatic heterocycles. The van der Waals surface area contributed by atoms with Crippen LogP contribution < -0.4 is 0 Å². The monoisotopic (exact) mass is 408 g/mol. The van der Waals surface area contributed by atoms with Gasteiger partial charge in [-0.3, -0.25) is 0 Å². The van der Waals surface area contributed by atoms with Crippen molar-refractivity contribution in [2.45, 2.75) is 83.0 Å². The predicted molar refractivity (Wildman–Crippen MR) is 114 cm³/mol. The average Bonchev–Trinajstić information content (AvgIpc) is 2.92. The van der Waals surface area contributed by atoms with Gasteiger partial charge in [0.25, 0.3) is 0 Å². The Morgan fingerprint density at radius 1 is 1.14 bits per heavy atom. The second-order valence-corrected chi connectivity index (χ2v) is 14.3. The van der Waals surface area contributed by atoms with Crippen molar-refractivity contribution in [2.24, 2.45) is 0 Å². The molecule has 1 aromatic rings. The van der Waals surface area contributed by atoms with Gasteiger partial charge in [-0.05, 0) is 37.5 Å². The van der Waals surface area contributed by atoms with Crippen LogP contribution in [0.2, 0.25) is 18.1 Å². The zero-order valence-corrected chi connectivity index (χ0v) is 19.2. The maximum Gasteiger partial charge on any atom is 0.192 e. The quantitative estimate of drug-likeness (QED) is 0.523. The van der Waals surface area contributed by atoms with Gasteiger partial charge < -0.3 is 24.1 Å². The number of rotatable bonds is 7. The molecule has 0 saturated carbocycles. The lowest BCUT2D eigenvalue weighted by atomic mass is 10.00. The SMILES string of the molecule is CC1(C)O[C@@H]([C@@H](O)c2ccccc2)[C@@H](/C=C/[C@@H](O)CO[Si](C)(C)C(C)(C)C)O1. The summed E-state index contributed by atoms with van der Waals surface area (Å²) >= 11 is 0. The molecule has 0 unspecified atom stereocenters. The molecule has 6 heteroatoms. The molecule has 2 N–H and O–H groups in total. The lowest BCUT2D eigenvalue weighted by Crippen LogP contribution is -2.42. The first kappa shape index (κ1) is 23.3. The minimum Gasteiger partial charge on any atom is -0.414 e. The Hall–Kier alpha value is -1.02. The minimum atomic E-state index is -1.92. The molecule has 158 valence electrons. The van der Waals surface area contributed by atoms with Gasteiger partial charge in [-0.25, -0.2) is 0 Å². The van der Waals surface area contributed by atoms with E-state index < -0.39 is 38.5 Å². The van der Waals surface area contributed by atoms with Gasteiger partial charge in [0.15, 0.2) is 14.1 Å². The molecule has 0 radical (unpaired) electrons. The summed E-state index contributed by atoms with van der Waals surface area (Å²) in [6, 6.07) is 9.39. The van der Waals surface area contributed by atoms with Crippen molar-refractivity contribution in [2.75, 3.05) is 6.61 Å². The maximum atomic E-state index is 10.8. The second-order valence-electron chi connectivity index (χ2n) is 9.44. The number of benzene rings is 1. The molecule has 2 rings (SSSR count). The van der Waals surface area contributed by atoms with E-state index in [9.17, 15) is 10.2 Å². The van der Waals surface area contributed by atoms with E-state index in [1.165, 1.54) is 0 Å². The Balaban J connectivity index is 2.03. The Kier molecular flexibility index (Phi) is 7.29. The Labute approximate surface area is 170 Å². The van der Waals surface area contributed by atoms with Crippen LogP contribution >= 0.6 is 0 Å². The van der Waals surface area contributed by atoms with Gasteiger partial charge >= 0.3 is 0 Å². The average molecular weight is 409 g/mol. The fraction of sp³-hybridized carbons (Fsp3) is 0.636. The van der Waals surface area contributed by atoms with Gasteiger partial charge in [0.1, 0.15) is 18.3 Å². The molecule has 28 heavy (non-hydrogen) atoms. The molecule has 1 fully saturated rings. The van der Waals surface area contributed by atoms with Gasteiger partial charge in [-0.2, -0.15) is 0 Å². The highest BCUT2D eigenvalue weighted by Crippen LogP contribution is 2.37. The summed E-state index contributed by atoms with van der Waals surface area (Å²) in [6.45, 7) is 14.7. The Bertz CT molecular complexity index is 651. The van der Waals surface area contributed by atoms with Crippen molar-refractivity contribution >= 4 is 8.32 Å². The van der Waals surface area contributed by atoms with Crippen molar-refractivity contribution in [1.29, 1.82) is 0 Å². The molecule has 0 aromatic heterocycles. The van der Waals surface area contributed by atoms with E-state index in [2.05, 4.69) is 33.9 Å². The Morgan fingerprint density at radius 2 is 1.75 bits per heavy atom. The molecular weight excluding hydrogens is 372 g/mol. The summed E-state index contributed by atoms with van der Waals surface area (Å²) in [7, 11) is -1.92. The number of aliphatic hydroxyl groups is 2. The first-order chi connectivity index (χ1) is 12.8. The molecule has 0 amide bonds. The van der Waals surface area contributed by atoms with Crippen molar-refractivity contribution in [3.63, 3.8) is 0 Å². The highest BCUT2D eigenvalue weighted by atomic mass is 28.4. The third-order valence-electron chi connectivity index (χ3n) is 5.56. The molecule has 1 heterocycles. The van der Waals surface area contributed by atoms with Crippen molar-refractivity contribution in [3.8, 4) is 0 Å². The molecule has 1 aromatic carbocycles. The van der Waals surface area contributed by atoms with E-state index >= 15 is 0 Å². The largest absolute Gasteiger partial charge is 0.414 e. The van der Waals surface area contributed by atoms with E-state index in [1.54, 1.807) is 12.2 Å². The first-order valence-corrected chi connectivity index (χ1v) is 12.8. The normalized spacial score (nSPS) is 25.2. The smallest absolute Gasteiger partial charge is 0.192 e. The predicted octanol–water partition coefficient (Wildman–Crippen LogP) is 4.18. The first-order valence-electron chi connectivity index (χ1n) is 9.91. The van der Waals surface area contributed by atoms with Crippen LogP contribution in [0.15, 0.2) is 42.5 Å². The standard InChI is InChI=1S/C22H36O5Si/c1-21(2,3)28(6,7)25-15-17(23)13-14-18-20(27-22(4,5)26-18)19(24)16-11-9-8-10-12-16/h8-14,17-20,23-24H,15H2,1-7H3/b14-13+/t17-,18-,19+,20-/m1/s1. The number of hydrogen-bond acceptors (Lipinski definition) is 5. The molecule has 1 saturated heterocycles. The zero-order chi connectivity index (χ0) is 21.2. The van der Waals surface area contributed by atoms with E-state index in [-0.39, 0.29) is 11.6 Å². The molecular formula is C22H36O5Si. The van der Waals surface area contributed by atoms with Crippen LogP contribution in [-0.4, -0.2) is 49.2 Å². The fourth-order valence-electron chi connectivity index (χ4n) is 2.85. The van der Waals surface area contributed by atoms with Gasteiger partial charge in [0.05, 0.1) is 12.7 Å². The lowest BCUT2D eigenvalue weighted by molar-refractivity contribution is -0.153. The van der Waals surface area contributed by atoms with Gasteiger partial charge in [0.2, 0.25) is 0 Å². The number of ether oxygens (including phenoxy) is 2. The minimum absolute atomic E-state index is 0.0910. The number of hydrogen-bond donors (Lipinski definition) is 2. The van der Waals surface area contributed by atoms with Gasteiger partial charge in [0, 0.05) is 0 Å². The number of aliphatic hydroxyl groups excluding tert-OH is 2. The second kappa shape index (κ2) is 8.77. The fourth-order valence-corrected chi connectivity index (χ4v) is 3.87. The van der Waals surface area contributed by atoms with E-state index in [0.717, 1.165) is 5.56 Å². The summed E-state index contributed by atoms with van der Waals surface area (Å²) in [5, 5.41) is 21.2. The Morgan fingerprint density at radius 3 is 2.32 bits per heavy atom. The van der Waals surface area contributed by atoms with Crippen LogP contribution in [0.5, 0.6) is 0 Å². The zero-order valence-electron chi connectivity index (χ0n) is 18.2. The molecule has 5 nitrogen and oxygen atoms in total. The summed E-state index contributed by atoms with van der Waals surface area (Å²) in [6.07, 6.45) is 0.863. The molecule has 4 atom stereocenters. The van der Waals surface area contributed by atoms with Crippen molar-refractivity contribution < 1.29 is 24.1 Å². The van der Waals surface area contributed by atoms with Crippen LogP contribution in [0.25, 0.3) is 0 Å². The van der Waals surface area contributed by atoms with Crippen LogP contribution in [0.3, 0.4) is 0 Å². The van der Waals surface area contributed by atoms with E-state index in [4.69, 9.17) is 13.9 Å². The molecule has 0 bridgehead atoms.